The minimum atomic E-state index is -5.19. The topological polar surface area (TPSA) is 131 Å². The molecule has 3 N–H and O–H groups in total. The zero-order valence-corrected chi connectivity index (χ0v) is 22.1. The van der Waals surface area contributed by atoms with Crippen LogP contribution in [0.5, 0.6) is 0 Å². The van der Waals surface area contributed by atoms with Crippen molar-refractivity contribution in [3.8, 4) is 6.07 Å². The Morgan fingerprint density at radius 2 is 1.87 bits per heavy atom. The lowest BCUT2D eigenvalue weighted by molar-refractivity contribution is -0.176. The average Bonchev–Trinajstić information content (AvgIpc) is 3.41. The molecule has 0 aromatic heterocycles. The molecule has 2 bridgehead atoms. The first-order valence-electron chi connectivity index (χ1n) is 13.0. The highest BCUT2D eigenvalue weighted by atomic mass is 19.4. The van der Waals surface area contributed by atoms with Gasteiger partial charge in [0.1, 0.15) is 18.1 Å². The van der Waals surface area contributed by atoms with Crippen LogP contribution in [0.3, 0.4) is 0 Å². The maximum Gasteiger partial charge on any atom is 0.471 e. The maximum absolute atomic E-state index is 13.8. The van der Waals surface area contributed by atoms with Gasteiger partial charge in [-0.3, -0.25) is 19.2 Å². The van der Waals surface area contributed by atoms with E-state index in [-0.39, 0.29) is 43.2 Å². The lowest BCUT2D eigenvalue weighted by atomic mass is 9.78. The van der Waals surface area contributed by atoms with E-state index in [0.717, 1.165) is 0 Å². The Morgan fingerprint density at radius 1 is 1.18 bits per heavy atom. The number of fused-ring (bicyclic) bond motifs is 3. The lowest BCUT2D eigenvalue weighted by Crippen LogP contribution is -2.61. The third-order valence-electron chi connectivity index (χ3n) is 7.97. The first-order chi connectivity index (χ1) is 17.7. The van der Waals surface area contributed by atoms with Crippen molar-refractivity contribution >= 4 is 23.6 Å². The summed E-state index contributed by atoms with van der Waals surface area (Å²) in [4.78, 5) is 53.1. The number of alkyl halides is 3. The average molecular weight is 540 g/mol. The highest BCUT2D eigenvalue weighted by Gasteiger charge is 2.50. The monoisotopic (exact) mass is 539 g/mol. The zero-order valence-electron chi connectivity index (χ0n) is 22.1. The normalized spacial score (nSPS) is 33.2. The number of rotatable bonds is 2. The summed E-state index contributed by atoms with van der Waals surface area (Å²) in [6.45, 7) is 7.10. The van der Waals surface area contributed by atoms with E-state index < -0.39 is 53.4 Å². The van der Waals surface area contributed by atoms with E-state index in [2.05, 4.69) is 10.6 Å². The van der Waals surface area contributed by atoms with Gasteiger partial charge in [0, 0.05) is 18.5 Å². The summed E-state index contributed by atoms with van der Waals surface area (Å²) in [6, 6.07) is -1.82. The van der Waals surface area contributed by atoms with Crippen LogP contribution in [0, 0.1) is 34.5 Å². The van der Waals surface area contributed by atoms with Crippen LogP contribution in [0.2, 0.25) is 0 Å². The quantitative estimate of drug-likeness (QED) is 0.463. The summed E-state index contributed by atoms with van der Waals surface area (Å²) in [6.07, 6.45) is 0.0215. The van der Waals surface area contributed by atoms with Crippen LogP contribution >= 0.6 is 0 Å². The summed E-state index contributed by atoms with van der Waals surface area (Å²) in [7, 11) is 0. The fraction of sp³-hybridized carbons (Fsp3) is 0.731. The minimum Gasteiger partial charge on any atom is -0.350 e. The number of carbonyl (C=O) groups excluding carboxylic acids is 4. The molecule has 0 aromatic carbocycles. The number of hydrogen-bond acceptors (Lipinski definition) is 5. The molecule has 0 aliphatic carbocycles. The van der Waals surface area contributed by atoms with Gasteiger partial charge < -0.3 is 20.9 Å². The predicted octanol–water partition coefficient (Wildman–Crippen LogP) is 2.19. The van der Waals surface area contributed by atoms with Gasteiger partial charge in [-0.05, 0) is 49.4 Å². The molecule has 12 heteroatoms. The first-order valence-corrected chi connectivity index (χ1v) is 13.0. The van der Waals surface area contributed by atoms with Gasteiger partial charge in [-0.1, -0.05) is 39.8 Å². The largest absolute Gasteiger partial charge is 0.471 e. The molecule has 38 heavy (non-hydrogen) atoms. The zero-order chi connectivity index (χ0) is 28.4. The standard InChI is InChI=1S/C26H36F3N5O4/c1-14(2)18-8-10-34-19(18)22(36)32-17(13-30)12-15-11-16(31-21(15)35)7-5-6-9-25(3,4)20(23(34)37)33-24(38)26(27,28)29/h5,7,14-20H,6,8-12H2,1-4H3,(H,31,35)(H,32,36)(H,33,38)/b7-5+/t15-,16+,17-,18+,19-,20+/m0/s1. The summed E-state index contributed by atoms with van der Waals surface area (Å²) in [5.74, 6) is -4.62. The number of hydrogen-bond donors (Lipinski definition) is 3. The van der Waals surface area contributed by atoms with E-state index in [1.54, 1.807) is 26.0 Å². The number of carbonyl (C=O) groups is 4. The van der Waals surface area contributed by atoms with Crippen molar-refractivity contribution in [1.82, 2.24) is 20.9 Å². The first kappa shape index (κ1) is 29.5. The van der Waals surface area contributed by atoms with Crippen LogP contribution < -0.4 is 16.0 Å². The van der Waals surface area contributed by atoms with Crippen molar-refractivity contribution in [2.24, 2.45) is 23.2 Å². The number of allylic oxidation sites excluding steroid dienone is 1. The molecule has 0 unspecified atom stereocenters. The Bertz CT molecular complexity index is 1020. The van der Waals surface area contributed by atoms with Crippen molar-refractivity contribution in [3.63, 3.8) is 0 Å². The molecular formula is C26H36F3N5O4. The number of amides is 4. The fourth-order valence-corrected chi connectivity index (χ4v) is 5.72. The predicted molar refractivity (Wildman–Crippen MR) is 131 cm³/mol. The van der Waals surface area contributed by atoms with Crippen LogP contribution in [0.15, 0.2) is 12.2 Å². The fourth-order valence-electron chi connectivity index (χ4n) is 5.72. The number of nitriles is 1. The molecule has 3 aliphatic heterocycles. The van der Waals surface area contributed by atoms with E-state index in [1.165, 1.54) is 4.90 Å². The SMILES string of the molecule is CC(C)[C@H]1CCN2C(=O)[C@@H](NC(=O)C(F)(F)F)C(C)(C)CC/C=C/[C@@H]3C[C@@H](C[C@@H](C#N)NC(=O)[C@H]12)C(=O)N3. The Balaban J connectivity index is 2.03. The van der Waals surface area contributed by atoms with E-state index >= 15 is 0 Å². The van der Waals surface area contributed by atoms with Crippen LogP contribution in [0.25, 0.3) is 0 Å². The van der Waals surface area contributed by atoms with Gasteiger partial charge in [-0.15, -0.1) is 0 Å². The molecule has 0 radical (unpaired) electrons. The van der Waals surface area contributed by atoms with E-state index in [4.69, 9.17) is 0 Å². The summed E-state index contributed by atoms with van der Waals surface area (Å²) in [5.41, 5.74) is -1.10. The van der Waals surface area contributed by atoms with E-state index in [9.17, 15) is 37.6 Å². The van der Waals surface area contributed by atoms with Crippen LogP contribution in [0.4, 0.5) is 13.2 Å². The van der Waals surface area contributed by atoms with Gasteiger partial charge in [0.2, 0.25) is 17.7 Å². The van der Waals surface area contributed by atoms with Crippen molar-refractivity contribution in [1.29, 1.82) is 5.26 Å². The van der Waals surface area contributed by atoms with E-state index in [0.29, 0.717) is 19.3 Å². The molecule has 2 fully saturated rings. The van der Waals surface area contributed by atoms with Crippen molar-refractivity contribution in [3.05, 3.63) is 12.2 Å². The van der Waals surface area contributed by atoms with Gasteiger partial charge in [-0.25, -0.2) is 0 Å². The summed E-state index contributed by atoms with van der Waals surface area (Å²) >= 11 is 0. The molecule has 4 amide bonds. The highest BCUT2D eigenvalue weighted by molar-refractivity contribution is 5.94. The van der Waals surface area contributed by atoms with Crippen molar-refractivity contribution in [2.45, 2.75) is 90.1 Å². The minimum absolute atomic E-state index is 0.0441. The Kier molecular flexibility index (Phi) is 8.79. The Morgan fingerprint density at radius 3 is 2.47 bits per heavy atom. The molecule has 3 heterocycles. The molecule has 0 spiro atoms. The lowest BCUT2D eigenvalue weighted by Gasteiger charge is -2.38. The Labute approximate surface area is 220 Å². The van der Waals surface area contributed by atoms with Gasteiger partial charge in [-0.2, -0.15) is 18.4 Å². The highest BCUT2D eigenvalue weighted by Crippen LogP contribution is 2.36. The van der Waals surface area contributed by atoms with Crippen molar-refractivity contribution < 1.29 is 32.3 Å². The van der Waals surface area contributed by atoms with E-state index in [1.807, 2.05) is 25.2 Å². The molecule has 210 valence electrons. The van der Waals surface area contributed by atoms with Gasteiger partial charge in [0.25, 0.3) is 0 Å². The van der Waals surface area contributed by atoms with Gasteiger partial charge in [0.15, 0.2) is 0 Å². The third-order valence-corrected chi connectivity index (χ3v) is 7.97. The molecule has 9 nitrogen and oxygen atoms in total. The van der Waals surface area contributed by atoms with Crippen LogP contribution in [0.1, 0.15) is 59.8 Å². The number of nitrogens with zero attached hydrogens (tertiary/aromatic N) is 2. The smallest absolute Gasteiger partial charge is 0.350 e. The molecule has 3 rings (SSSR count). The maximum atomic E-state index is 13.8. The molecular weight excluding hydrogens is 503 g/mol. The Hall–Kier alpha value is -3.10. The second-order valence-electron chi connectivity index (χ2n) is 11.5. The van der Waals surface area contributed by atoms with Crippen LogP contribution in [-0.4, -0.2) is 65.4 Å². The summed E-state index contributed by atoms with van der Waals surface area (Å²) in [5, 5.41) is 17.1. The van der Waals surface area contributed by atoms with Crippen molar-refractivity contribution in [2.75, 3.05) is 6.54 Å². The van der Waals surface area contributed by atoms with Gasteiger partial charge >= 0.3 is 12.1 Å². The molecule has 2 saturated heterocycles. The van der Waals surface area contributed by atoms with Gasteiger partial charge in [0.05, 0.1) is 6.07 Å². The third kappa shape index (κ3) is 6.48. The van der Waals surface area contributed by atoms with Crippen LogP contribution in [-0.2, 0) is 19.2 Å². The summed E-state index contributed by atoms with van der Waals surface area (Å²) < 4.78 is 39.7. The molecule has 3 aliphatic rings. The molecule has 6 atom stereocenters. The number of nitrogens with one attached hydrogen (secondary N) is 3. The number of halogens is 3. The molecule has 0 aromatic rings. The molecule has 0 saturated carbocycles. The second-order valence-corrected chi connectivity index (χ2v) is 11.5. The second kappa shape index (κ2) is 11.3.